The molecule has 1 N–H and O–H groups in total. The van der Waals surface area contributed by atoms with E-state index in [4.69, 9.17) is 13.3 Å². The van der Waals surface area contributed by atoms with Crippen molar-refractivity contribution in [2.24, 2.45) is 0 Å². The van der Waals surface area contributed by atoms with Crippen molar-refractivity contribution < 1.29 is 13.3 Å². The number of nitrogens with one attached hydrogen (secondary N) is 1. The number of nitrogens with zero attached hydrogens (tertiary/aromatic N) is 2. The Morgan fingerprint density at radius 3 is 2.50 bits per heavy atom. The van der Waals surface area contributed by atoms with Crippen LogP contribution in [0, 0.1) is 0 Å². The van der Waals surface area contributed by atoms with Crippen molar-refractivity contribution in [2.45, 2.75) is 6.42 Å². The quantitative estimate of drug-likeness (QED) is 0.431. The summed E-state index contributed by atoms with van der Waals surface area (Å²) in [6.07, 6.45) is 5.56. The van der Waals surface area contributed by atoms with Crippen LogP contribution in [0.15, 0.2) is 86.7 Å². The van der Waals surface area contributed by atoms with Gasteiger partial charge in [0, 0.05) is 18.5 Å². The molecule has 6 heteroatoms. The Labute approximate surface area is 160 Å². The normalized spacial score (nSPS) is 11.1. The molecule has 0 aliphatic carbocycles. The van der Waals surface area contributed by atoms with E-state index in [0.29, 0.717) is 23.8 Å². The third-order valence-electron chi connectivity index (χ3n) is 4.54. The lowest BCUT2D eigenvalue weighted by atomic mass is 10.0. The second-order valence-electron chi connectivity index (χ2n) is 6.31. The molecule has 1 aromatic carbocycles. The lowest BCUT2D eigenvalue weighted by molar-refractivity contribution is 0.513. The molecule has 4 aromatic heterocycles. The van der Waals surface area contributed by atoms with Crippen LogP contribution < -0.4 is 5.32 Å². The van der Waals surface area contributed by atoms with E-state index in [1.54, 1.807) is 12.5 Å². The van der Waals surface area contributed by atoms with Crippen LogP contribution >= 0.6 is 0 Å². The first kappa shape index (κ1) is 16.4. The standard InChI is InChI=1S/C22H17N3O3/c1-2-6-15(7-3-1)18-19-21(23-11-10-16-8-4-12-26-16)24-14-25-22(19)28-20(18)17-9-5-13-27-17/h1-9,12-14H,10-11H2,(H,23,24,25). The zero-order valence-corrected chi connectivity index (χ0v) is 15.0. The van der Waals surface area contributed by atoms with E-state index in [1.165, 1.54) is 6.33 Å². The van der Waals surface area contributed by atoms with Crippen molar-refractivity contribution in [3.8, 4) is 22.6 Å². The fourth-order valence-corrected chi connectivity index (χ4v) is 3.29. The lowest BCUT2D eigenvalue weighted by Gasteiger charge is -2.07. The maximum absolute atomic E-state index is 6.09. The monoisotopic (exact) mass is 371 g/mol. The van der Waals surface area contributed by atoms with E-state index >= 15 is 0 Å². The van der Waals surface area contributed by atoms with Gasteiger partial charge in [-0.3, -0.25) is 0 Å². The predicted octanol–water partition coefficient (Wildman–Crippen LogP) is 5.40. The minimum absolute atomic E-state index is 0.515. The van der Waals surface area contributed by atoms with Gasteiger partial charge in [-0.15, -0.1) is 0 Å². The zero-order chi connectivity index (χ0) is 18.8. The highest BCUT2D eigenvalue weighted by molar-refractivity contribution is 6.05. The van der Waals surface area contributed by atoms with Gasteiger partial charge in [0.2, 0.25) is 5.71 Å². The fourth-order valence-electron chi connectivity index (χ4n) is 3.29. The van der Waals surface area contributed by atoms with E-state index < -0.39 is 0 Å². The molecule has 0 amide bonds. The molecule has 0 atom stereocenters. The van der Waals surface area contributed by atoms with Gasteiger partial charge in [0.15, 0.2) is 11.5 Å². The summed E-state index contributed by atoms with van der Waals surface area (Å²) in [5.74, 6) is 2.93. The molecular weight excluding hydrogens is 354 g/mol. The van der Waals surface area contributed by atoms with Gasteiger partial charge in [-0.05, 0) is 29.8 Å². The van der Waals surface area contributed by atoms with Gasteiger partial charge in [-0.2, -0.15) is 0 Å². The third-order valence-corrected chi connectivity index (χ3v) is 4.54. The first-order valence-electron chi connectivity index (χ1n) is 9.03. The Kier molecular flexibility index (Phi) is 4.14. The van der Waals surface area contributed by atoms with Crippen LogP contribution in [0.4, 0.5) is 5.82 Å². The second kappa shape index (κ2) is 7.08. The van der Waals surface area contributed by atoms with Crippen molar-refractivity contribution in [1.29, 1.82) is 0 Å². The van der Waals surface area contributed by atoms with Crippen LogP contribution in [0.25, 0.3) is 33.7 Å². The summed E-state index contributed by atoms with van der Waals surface area (Å²) in [5, 5.41) is 4.23. The number of fused-ring (bicyclic) bond motifs is 1. The van der Waals surface area contributed by atoms with Crippen LogP contribution in [-0.4, -0.2) is 16.5 Å². The Bertz CT molecular complexity index is 1180. The molecule has 0 saturated carbocycles. The van der Waals surface area contributed by atoms with Gasteiger partial charge in [-0.25, -0.2) is 9.97 Å². The predicted molar refractivity (Wildman–Crippen MR) is 106 cm³/mol. The van der Waals surface area contributed by atoms with E-state index in [9.17, 15) is 0 Å². The Hall–Kier alpha value is -3.80. The number of rotatable bonds is 6. The minimum atomic E-state index is 0.515. The summed E-state index contributed by atoms with van der Waals surface area (Å²) in [7, 11) is 0. The van der Waals surface area contributed by atoms with Gasteiger partial charge in [0.1, 0.15) is 17.9 Å². The highest BCUT2D eigenvalue weighted by Gasteiger charge is 2.23. The average Bonchev–Trinajstić information content (AvgIpc) is 3.49. The highest BCUT2D eigenvalue weighted by Crippen LogP contribution is 2.42. The molecule has 0 aliphatic rings. The van der Waals surface area contributed by atoms with E-state index in [0.717, 1.165) is 34.5 Å². The topological polar surface area (TPSA) is 77.2 Å². The van der Waals surface area contributed by atoms with E-state index in [2.05, 4.69) is 15.3 Å². The van der Waals surface area contributed by atoms with Crippen molar-refractivity contribution in [3.63, 3.8) is 0 Å². The molecular formula is C22H17N3O3. The fraction of sp³-hybridized carbons (Fsp3) is 0.0909. The van der Waals surface area contributed by atoms with E-state index in [-0.39, 0.29) is 0 Å². The van der Waals surface area contributed by atoms with E-state index in [1.807, 2.05) is 54.6 Å². The smallest absolute Gasteiger partial charge is 0.232 e. The third kappa shape index (κ3) is 2.95. The number of anilines is 1. The molecule has 28 heavy (non-hydrogen) atoms. The van der Waals surface area contributed by atoms with Crippen molar-refractivity contribution in [2.75, 3.05) is 11.9 Å². The molecule has 0 aliphatic heterocycles. The van der Waals surface area contributed by atoms with Gasteiger partial charge < -0.3 is 18.6 Å². The van der Waals surface area contributed by atoms with Crippen molar-refractivity contribution in [1.82, 2.24) is 9.97 Å². The number of benzene rings is 1. The zero-order valence-electron chi connectivity index (χ0n) is 15.0. The summed E-state index contributed by atoms with van der Waals surface area (Å²) < 4.78 is 17.1. The minimum Gasteiger partial charge on any atom is -0.469 e. The molecule has 0 radical (unpaired) electrons. The maximum Gasteiger partial charge on any atom is 0.232 e. The molecule has 0 fully saturated rings. The summed E-state index contributed by atoms with van der Waals surface area (Å²) in [5.41, 5.74) is 2.43. The second-order valence-corrected chi connectivity index (χ2v) is 6.31. The number of hydrogen-bond acceptors (Lipinski definition) is 6. The summed E-state index contributed by atoms with van der Waals surface area (Å²) in [6.45, 7) is 0.676. The van der Waals surface area contributed by atoms with Gasteiger partial charge in [0.25, 0.3) is 0 Å². The molecule has 5 aromatic rings. The van der Waals surface area contributed by atoms with Crippen LogP contribution in [-0.2, 0) is 6.42 Å². The number of hydrogen-bond donors (Lipinski definition) is 1. The van der Waals surface area contributed by atoms with Gasteiger partial charge >= 0.3 is 0 Å². The summed E-state index contributed by atoms with van der Waals surface area (Å²) >= 11 is 0. The molecule has 0 unspecified atom stereocenters. The van der Waals surface area contributed by atoms with Crippen LogP contribution in [0.3, 0.4) is 0 Å². The average molecular weight is 371 g/mol. The molecule has 4 heterocycles. The first-order chi connectivity index (χ1) is 13.9. The van der Waals surface area contributed by atoms with Gasteiger partial charge in [0.05, 0.1) is 17.9 Å². The van der Waals surface area contributed by atoms with Crippen molar-refractivity contribution >= 4 is 16.9 Å². The number of furan rings is 3. The van der Waals surface area contributed by atoms with Gasteiger partial charge in [-0.1, -0.05) is 30.3 Å². The van der Waals surface area contributed by atoms with Crippen LogP contribution in [0.2, 0.25) is 0 Å². The maximum atomic E-state index is 6.09. The van der Waals surface area contributed by atoms with Crippen LogP contribution in [0.5, 0.6) is 0 Å². The first-order valence-corrected chi connectivity index (χ1v) is 9.03. The van der Waals surface area contributed by atoms with Crippen molar-refractivity contribution in [3.05, 3.63) is 79.2 Å². The SMILES string of the molecule is c1ccc(-c2c(-c3ccco3)oc3ncnc(NCCc4ccco4)c23)cc1. The molecule has 0 bridgehead atoms. The van der Waals surface area contributed by atoms with Crippen LogP contribution in [0.1, 0.15) is 5.76 Å². The molecule has 0 spiro atoms. The Morgan fingerprint density at radius 2 is 1.71 bits per heavy atom. The molecule has 5 rings (SSSR count). The summed E-state index contributed by atoms with van der Waals surface area (Å²) in [6, 6.07) is 17.6. The summed E-state index contributed by atoms with van der Waals surface area (Å²) in [4.78, 5) is 8.80. The molecule has 138 valence electrons. The Balaban J connectivity index is 1.61. The highest BCUT2D eigenvalue weighted by atomic mass is 16.4. The lowest BCUT2D eigenvalue weighted by Crippen LogP contribution is -2.06. The Morgan fingerprint density at radius 1 is 0.857 bits per heavy atom. The molecule has 6 nitrogen and oxygen atoms in total. The number of aromatic nitrogens is 2. The largest absolute Gasteiger partial charge is 0.469 e. The molecule has 0 saturated heterocycles.